The lowest BCUT2D eigenvalue weighted by Crippen LogP contribution is -2.49. The van der Waals surface area contributed by atoms with Crippen LogP contribution in [0.5, 0.6) is 0 Å². The Hall–Kier alpha value is -1.21. The summed E-state index contributed by atoms with van der Waals surface area (Å²) in [6.45, 7) is 9.83. The first-order valence-electron chi connectivity index (χ1n) is 8.90. The molecule has 3 rings (SSSR count). The van der Waals surface area contributed by atoms with Crippen molar-refractivity contribution >= 4 is 28.6 Å². The third kappa shape index (κ3) is 5.38. The molecule has 136 valence electrons. The van der Waals surface area contributed by atoms with E-state index in [0.717, 1.165) is 32.7 Å². The van der Waals surface area contributed by atoms with Crippen molar-refractivity contribution < 1.29 is 4.79 Å². The van der Waals surface area contributed by atoms with Gasteiger partial charge in [-0.05, 0) is 39.8 Å². The molecule has 0 bridgehead atoms. The number of hydrogen-bond donors (Lipinski definition) is 1. The number of nitrogens with one attached hydrogen (secondary N) is 1. The number of amides is 1. The number of hydrogen-bond acceptors (Lipinski definition) is 5. The van der Waals surface area contributed by atoms with E-state index in [-0.39, 0.29) is 11.9 Å². The predicted octanol–water partition coefficient (Wildman–Crippen LogP) is 3.44. The van der Waals surface area contributed by atoms with Crippen LogP contribution < -0.4 is 5.32 Å². The van der Waals surface area contributed by atoms with E-state index in [2.05, 4.69) is 57.2 Å². The summed E-state index contributed by atoms with van der Waals surface area (Å²) in [6.07, 6.45) is 0. The van der Waals surface area contributed by atoms with Crippen LogP contribution in [0.1, 0.15) is 30.3 Å². The molecule has 1 aliphatic heterocycles. The minimum atomic E-state index is 0.118. The van der Waals surface area contributed by atoms with Gasteiger partial charge in [0.2, 0.25) is 5.91 Å². The fourth-order valence-electron chi connectivity index (χ4n) is 3.20. The van der Waals surface area contributed by atoms with Gasteiger partial charge in [-0.2, -0.15) is 11.3 Å². The zero-order valence-electron chi connectivity index (χ0n) is 15.0. The Bertz CT molecular complexity index is 632. The van der Waals surface area contributed by atoms with E-state index in [4.69, 9.17) is 0 Å². The summed E-state index contributed by atoms with van der Waals surface area (Å²) in [5.74, 6) is 0.531. The Labute approximate surface area is 158 Å². The molecule has 0 unspecified atom stereocenters. The van der Waals surface area contributed by atoms with Gasteiger partial charge >= 0.3 is 0 Å². The van der Waals surface area contributed by atoms with Gasteiger partial charge in [0, 0.05) is 37.6 Å². The van der Waals surface area contributed by atoms with Gasteiger partial charge in [-0.1, -0.05) is 19.9 Å². The van der Waals surface area contributed by atoms with Gasteiger partial charge in [0.15, 0.2) is 0 Å². The lowest BCUT2D eigenvalue weighted by molar-refractivity contribution is -0.123. The van der Waals surface area contributed by atoms with Crippen LogP contribution in [0.3, 0.4) is 0 Å². The van der Waals surface area contributed by atoms with Crippen molar-refractivity contribution in [3.63, 3.8) is 0 Å². The van der Waals surface area contributed by atoms with Crippen LogP contribution in [0.4, 0.5) is 0 Å². The van der Waals surface area contributed by atoms with E-state index in [9.17, 15) is 4.79 Å². The highest BCUT2D eigenvalue weighted by Crippen LogP contribution is 2.25. The summed E-state index contributed by atoms with van der Waals surface area (Å²) >= 11 is 3.47. The molecule has 1 fully saturated rings. The standard InChI is InChI=1S/C19H27N3OS2/c1-15(2)19(17-4-3-10-25-17)20-18(23)13-22-8-6-21(7-9-22)12-16-5-11-24-14-16/h3-5,10-11,14-15,19H,6-9,12-13H2,1-2H3,(H,20,23)/t19-/m1/s1. The summed E-state index contributed by atoms with van der Waals surface area (Å²) in [5, 5.41) is 9.66. The van der Waals surface area contributed by atoms with Crippen molar-refractivity contribution in [3.8, 4) is 0 Å². The summed E-state index contributed by atoms with van der Waals surface area (Å²) in [4.78, 5) is 18.5. The largest absolute Gasteiger partial charge is 0.347 e. The molecule has 0 aliphatic carbocycles. The van der Waals surface area contributed by atoms with Crippen LogP contribution in [-0.4, -0.2) is 48.4 Å². The second-order valence-corrected chi connectivity index (χ2v) is 8.75. The zero-order chi connectivity index (χ0) is 17.6. The highest BCUT2D eigenvalue weighted by Gasteiger charge is 2.23. The Morgan fingerprint density at radius 3 is 2.52 bits per heavy atom. The molecular formula is C19H27N3OS2. The monoisotopic (exact) mass is 377 g/mol. The van der Waals surface area contributed by atoms with Gasteiger partial charge < -0.3 is 5.32 Å². The first kappa shape index (κ1) is 18.6. The quantitative estimate of drug-likeness (QED) is 0.803. The predicted molar refractivity (Wildman–Crippen MR) is 106 cm³/mol. The van der Waals surface area contributed by atoms with Crippen molar-refractivity contribution in [3.05, 3.63) is 44.8 Å². The zero-order valence-corrected chi connectivity index (χ0v) is 16.6. The maximum atomic E-state index is 12.5. The molecule has 0 aromatic carbocycles. The summed E-state index contributed by atoms with van der Waals surface area (Å²) in [6, 6.07) is 6.47. The SMILES string of the molecule is CC(C)[C@@H](NC(=O)CN1CCN(Cc2ccsc2)CC1)c1cccs1. The van der Waals surface area contributed by atoms with Crippen molar-refractivity contribution in [2.45, 2.75) is 26.4 Å². The molecule has 0 spiro atoms. The van der Waals surface area contributed by atoms with Gasteiger partial charge in [0.1, 0.15) is 0 Å². The highest BCUT2D eigenvalue weighted by atomic mass is 32.1. The van der Waals surface area contributed by atoms with E-state index in [1.165, 1.54) is 10.4 Å². The molecule has 4 nitrogen and oxygen atoms in total. The Kier molecular flexibility index (Phi) is 6.64. The number of rotatable bonds is 7. The van der Waals surface area contributed by atoms with Crippen LogP contribution in [0, 0.1) is 5.92 Å². The minimum Gasteiger partial charge on any atom is -0.347 e. The molecule has 1 amide bonds. The third-order valence-corrected chi connectivity index (χ3v) is 6.34. The summed E-state index contributed by atoms with van der Waals surface area (Å²) < 4.78 is 0. The fourth-order valence-corrected chi connectivity index (χ4v) is 4.81. The maximum Gasteiger partial charge on any atom is 0.234 e. The Balaban J connectivity index is 1.44. The molecule has 2 aromatic rings. The van der Waals surface area contributed by atoms with Gasteiger partial charge in [0.05, 0.1) is 12.6 Å². The third-order valence-electron chi connectivity index (χ3n) is 4.65. The van der Waals surface area contributed by atoms with E-state index in [0.29, 0.717) is 12.5 Å². The molecule has 25 heavy (non-hydrogen) atoms. The smallest absolute Gasteiger partial charge is 0.234 e. The molecule has 1 saturated heterocycles. The van der Waals surface area contributed by atoms with Crippen LogP contribution in [-0.2, 0) is 11.3 Å². The van der Waals surface area contributed by atoms with Gasteiger partial charge in [-0.3, -0.25) is 14.6 Å². The number of piperazine rings is 1. The second kappa shape index (κ2) is 8.94. The average molecular weight is 378 g/mol. The summed E-state index contributed by atoms with van der Waals surface area (Å²) in [7, 11) is 0. The van der Waals surface area contributed by atoms with Crippen molar-refractivity contribution in [2.75, 3.05) is 32.7 Å². The first-order valence-corrected chi connectivity index (χ1v) is 10.7. The summed E-state index contributed by atoms with van der Waals surface area (Å²) in [5.41, 5.74) is 1.40. The lowest BCUT2D eigenvalue weighted by Gasteiger charge is -2.34. The Morgan fingerprint density at radius 2 is 1.92 bits per heavy atom. The number of thiophene rings is 2. The topological polar surface area (TPSA) is 35.6 Å². The molecule has 2 aromatic heterocycles. The maximum absolute atomic E-state index is 12.5. The number of carbonyl (C=O) groups excluding carboxylic acids is 1. The molecule has 1 N–H and O–H groups in total. The fraction of sp³-hybridized carbons (Fsp3) is 0.526. The molecule has 0 saturated carbocycles. The molecule has 0 radical (unpaired) electrons. The van der Waals surface area contributed by atoms with Gasteiger partial charge in [-0.15, -0.1) is 11.3 Å². The number of nitrogens with zero attached hydrogens (tertiary/aromatic N) is 2. The van der Waals surface area contributed by atoms with Gasteiger partial charge in [0.25, 0.3) is 0 Å². The van der Waals surface area contributed by atoms with Crippen LogP contribution in [0.2, 0.25) is 0 Å². The molecule has 3 heterocycles. The van der Waals surface area contributed by atoms with E-state index in [1.54, 1.807) is 22.7 Å². The van der Waals surface area contributed by atoms with Crippen LogP contribution >= 0.6 is 22.7 Å². The number of carbonyl (C=O) groups is 1. The second-order valence-electron chi connectivity index (χ2n) is 6.99. The average Bonchev–Trinajstić information content (AvgIpc) is 3.28. The molecule has 1 aliphatic rings. The molecular weight excluding hydrogens is 350 g/mol. The highest BCUT2D eigenvalue weighted by molar-refractivity contribution is 7.10. The van der Waals surface area contributed by atoms with Gasteiger partial charge in [-0.25, -0.2) is 0 Å². The Morgan fingerprint density at radius 1 is 1.16 bits per heavy atom. The molecule has 1 atom stereocenters. The molecule has 6 heteroatoms. The van der Waals surface area contributed by atoms with Crippen molar-refractivity contribution in [1.29, 1.82) is 0 Å². The van der Waals surface area contributed by atoms with E-state index in [1.807, 2.05) is 6.07 Å². The minimum absolute atomic E-state index is 0.118. The lowest BCUT2D eigenvalue weighted by atomic mass is 10.0. The van der Waals surface area contributed by atoms with E-state index < -0.39 is 0 Å². The van der Waals surface area contributed by atoms with E-state index >= 15 is 0 Å². The van der Waals surface area contributed by atoms with Crippen molar-refractivity contribution in [1.82, 2.24) is 15.1 Å². The van der Waals surface area contributed by atoms with Crippen LogP contribution in [0.15, 0.2) is 34.3 Å². The first-order chi connectivity index (χ1) is 12.1. The van der Waals surface area contributed by atoms with Crippen molar-refractivity contribution in [2.24, 2.45) is 5.92 Å². The normalized spacial score (nSPS) is 17.7. The van der Waals surface area contributed by atoms with Crippen LogP contribution in [0.25, 0.3) is 0 Å².